The van der Waals surface area contributed by atoms with Crippen LogP contribution in [0.2, 0.25) is 0 Å². The molecule has 0 spiro atoms. The maximum Gasteiger partial charge on any atom is 0.253 e. The number of hydrogen-bond acceptors (Lipinski definition) is 4. The van der Waals surface area contributed by atoms with Gasteiger partial charge in [-0.15, -0.1) is 0 Å². The number of imidazole rings is 1. The minimum absolute atomic E-state index is 0.205. The zero-order chi connectivity index (χ0) is 13.8. The van der Waals surface area contributed by atoms with Crippen molar-refractivity contribution in [2.75, 3.05) is 12.3 Å². The van der Waals surface area contributed by atoms with Crippen LogP contribution in [0.4, 0.5) is 5.69 Å². The minimum atomic E-state index is -0.213. The van der Waals surface area contributed by atoms with E-state index in [0.29, 0.717) is 23.5 Å². The fourth-order valence-corrected chi connectivity index (χ4v) is 1.78. The maximum atomic E-state index is 12.0. The molecule has 1 heterocycles. The van der Waals surface area contributed by atoms with Crippen LogP contribution in [-0.4, -0.2) is 22.0 Å². The van der Waals surface area contributed by atoms with Gasteiger partial charge in [0.05, 0.1) is 11.3 Å². The molecule has 0 aliphatic rings. The first-order chi connectivity index (χ1) is 9.17. The summed E-state index contributed by atoms with van der Waals surface area (Å²) < 4.78 is 1.54. The highest BCUT2D eigenvalue weighted by Gasteiger charge is 2.14. The Balaban J connectivity index is 2.59. The quantitative estimate of drug-likeness (QED) is 0.802. The number of anilines is 1. The van der Waals surface area contributed by atoms with E-state index < -0.39 is 0 Å². The molecular weight excluding hydrogens is 242 g/mol. The Morgan fingerprint density at radius 1 is 1.58 bits per heavy atom. The highest BCUT2D eigenvalue weighted by molar-refractivity contribution is 5.98. The minimum Gasteiger partial charge on any atom is -0.399 e. The first kappa shape index (κ1) is 12.6. The molecule has 0 aliphatic carbocycles. The number of nitrogens with two attached hydrogens (primary N) is 1. The summed E-state index contributed by atoms with van der Waals surface area (Å²) in [4.78, 5) is 15.9. The van der Waals surface area contributed by atoms with Crippen LogP contribution in [0.25, 0.3) is 5.69 Å². The number of amides is 1. The Morgan fingerprint density at radius 3 is 3.05 bits per heavy atom. The fourth-order valence-electron chi connectivity index (χ4n) is 1.78. The summed E-state index contributed by atoms with van der Waals surface area (Å²) in [5, 5.41) is 11.7. The fraction of sp³-hybridized carbons (Fsp3) is 0.154. The third-order valence-corrected chi connectivity index (χ3v) is 2.60. The monoisotopic (exact) mass is 255 g/mol. The number of benzene rings is 1. The number of nitriles is 1. The summed E-state index contributed by atoms with van der Waals surface area (Å²) in [6.45, 7) is 2.37. The topological polar surface area (TPSA) is 96.7 Å². The first-order valence-electron chi connectivity index (χ1n) is 5.79. The largest absolute Gasteiger partial charge is 0.399 e. The van der Waals surface area contributed by atoms with Gasteiger partial charge < -0.3 is 11.1 Å². The number of rotatable bonds is 3. The van der Waals surface area contributed by atoms with Crippen molar-refractivity contribution in [2.45, 2.75) is 6.92 Å². The van der Waals surface area contributed by atoms with E-state index in [1.807, 2.05) is 13.0 Å². The second-order valence-electron chi connectivity index (χ2n) is 3.87. The molecule has 1 aromatic heterocycles. The van der Waals surface area contributed by atoms with Gasteiger partial charge in [-0.2, -0.15) is 5.26 Å². The molecular formula is C13H13N5O. The lowest BCUT2D eigenvalue weighted by molar-refractivity contribution is 0.0956. The van der Waals surface area contributed by atoms with Crippen molar-refractivity contribution in [3.8, 4) is 11.8 Å². The van der Waals surface area contributed by atoms with Gasteiger partial charge in [-0.3, -0.25) is 9.36 Å². The summed E-state index contributed by atoms with van der Waals surface area (Å²) in [5.74, 6) is -0.00811. The molecule has 0 bridgehead atoms. The molecule has 0 fully saturated rings. The molecule has 0 atom stereocenters. The van der Waals surface area contributed by atoms with E-state index in [1.165, 1.54) is 6.20 Å². The van der Waals surface area contributed by atoms with Crippen molar-refractivity contribution < 1.29 is 4.79 Å². The summed E-state index contributed by atoms with van der Waals surface area (Å²) in [6.07, 6.45) is 3.12. The molecule has 0 saturated carbocycles. The van der Waals surface area contributed by atoms with Crippen LogP contribution in [0.5, 0.6) is 0 Å². The van der Waals surface area contributed by atoms with Crippen LogP contribution < -0.4 is 11.1 Å². The average molecular weight is 255 g/mol. The third-order valence-electron chi connectivity index (χ3n) is 2.60. The number of carbonyl (C=O) groups excluding carboxylic acids is 1. The van der Waals surface area contributed by atoms with Gasteiger partial charge in [-0.25, -0.2) is 4.98 Å². The number of aromatic nitrogens is 2. The molecule has 1 aromatic carbocycles. The van der Waals surface area contributed by atoms with Gasteiger partial charge in [0.2, 0.25) is 5.82 Å². The third kappa shape index (κ3) is 2.40. The molecule has 2 rings (SSSR count). The number of nitrogens with one attached hydrogen (secondary N) is 1. The van der Waals surface area contributed by atoms with Crippen molar-refractivity contribution in [1.29, 1.82) is 5.26 Å². The Kier molecular flexibility index (Phi) is 3.48. The van der Waals surface area contributed by atoms with Gasteiger partial charge in [0, 0.05) is 24.6 Å². The Labute approximate surface area is 110 Å². The molecule has 0 saturated heterocycles. The van der Waals surface area contributed by atoms with E-state index >= 15 is 0 Å². The Hall–Kier alpha value is -2.81. The van der Waals surface area contributed by atoms with Crippen LogP contribution in [0.3, 0.4) is 0 Å². The van der Waals surface area contributed by atoms with Gasteiger partial charge in [-0.05, 0) is 25.1 Å². The predicted molar refractivity (Wildman–Crippen MR) is 70.7 cm³/mol. The number of nitrogens with zero attached hydrogens (tertiary/aromatic N) is 3. The summed E-state index contributed by atoms with van der Waals surface area (Å²) in [6, 6.07) is 6.90. The molecule has 6 heteroatoms. The highest BCUT2D eigenvalue weighted by atomic mass is 16.1. The van der Waals surface area contributed by atoms with Crippen molar-refractivity contribution in [2.24, 2.45) is 0 Å². The van der Waals surface area contributed by atoms with Crippen LogP contribution in [0.1, 0.15) is 23.1 Å². The first-order valence-corrected chi connectivity index (χ1v) is 5.79. The van der Waals surface area contributed by atoms with E-state index in [2.05, 4.69) is 10.3 Å². The second kappa shape index (κ2) is 5.23. The van der Waals surface area contributed by atoms with Crippen molar-refractivity contribution >= 4 is 11.6 Å². The standard InChI is InChI=1S/C13H13N5O/c1-2-16-13(19)10-4-3-9(15)7-11(10)18-6-5-17-12(18)8-14/h3-7H,2,15H2,1H3,(H,16,19). The number of hydrogen-bond donors (Lipinski definition) is 2. The van der Waals surface area contributed by atoms with Crippen LogP contribution >= 0.6 is 0 Å². The second-order valence-corrected chi connectivity index (χ2v) is 3.87. The molecule has 3 N–H and O–H groups in total. The van der Waals surface area contributed by atoms with Crippen LogP contribution in [0, 0.1) is 11.3 Å². The van der Waals surface area contributed by atoms with Gasteiger partial charge >= 0.3 is 0 Å². The smallest absolute Gasteiger partial charge is 0.253 e. The molecule has 1 amide bonds. The lowest BCUT2D eigenvalue weighted by Gasteiger charge is -2.11. The van der Waals surface area contributed by atoms with Crippen LogP contribution in [-0.2, 0) is 0 Å². The van der Waals surface area contributed by atoms with Crippen molar-refractivity contribution in [3.63, 3.8) is 0 Å². The van der Waals surface area contributed by atoms with Gasteiger partial charge in [-0.1, -0.05) is 0 Å². The maximum absolute atomic E-state index is 12.0. The SMILES string of the molecule is CCNC(=O)c1ccc(N)cc1-n1ccnc1C#N. The van der Waals surface area contributed by atoms with Gasteiger partial charge in [0.25, 0.3) is 5.91 Å². The highest BCUT2D eigenvalue weighted by Crippen LogP contribution is 2.19. The average Bonchev–Trinajstić information content (AvgIpc) is 2.86. The van der Waals surface area contributed by atoms with E-state index in [4.69, 9.17) is 11.0 Å². The normalized spacial score (nSPS) is 9.89. The Morgan fingerprint density at radius 2 is 2.37 bits per heavy atom. The molecule has 0 radical (unpaired) electrons. The zero-order valence-electron chi connectivity index (χ0n) is 10.4. The summed E-state index contributed by atoms with van der Waals surface area (Å²) in [7, 11) is 0. The lowest BCUT2D eigenvalue weighted by Crippen LogP contribution is -2.24. The summed E-state index contributed by atoms with van der Waals surface area (Å²) in [5.41, 5.74) is 7.26. The molecule has 6 nitrogen and oxygen atoms in total. The molecule has 2 aromatic rings. The van der Waals surface area contributed by atoms with E-state index in [-0.39, 0.29) is 11.7 Å². The number of carbonyl (C=O) groups is 1. The zero-order valence-corrected chi connectivity index (χ0v) is 10.4. The van der Waals surface area contributed by atoms with E-state index in [9.17, 15) is 4.79 Å². The van der Waals surface area contributed by atoms with Gasteiger partial charge in [0.15, 0.2) is 0 Å². The van der Waals surface area contributed by atoms with Crippen molar-refractivity contribution in [1.82, 2.24) is 14.9 Å². The number of nitrogen functional groups attached to an aromatic ring is 1. The lowest BCUT2D eigenvalue weighted by atomic mass is 10.1. The molecule has 19 heavy (non-hydrogen) atoms. The van der Waals surface area contributed by atoms with Gasteiger partial charge in [0.1, 0.15) is 6.07 Å². The Bertz CT molecular complexity index is 653. The van der Waals surface area contributed by atoms with Crippen LogP contribution in [0.15, 0.2) is 30.6 Å². The molecule has 0 unspecified atom stereocenters. The molecule has 0 aliphatic heterocycles. The summed E-state index contributed by atoms with van der Waals surface area (Å²) >= 11 is 0. The predicted octanol–water partition coefficient (Wildman–Crippen LogP) is 1.08. The van der Waals surface area contributed by atoms with E-state index in [0.717, 1.165) is 0 Å². The van der Waals surface area contributed by atoms with Crippen molar-refractivity contribution in [3.05, 3.63) is 42.0 Å². The van der Waals surface area contributed by atoms with E-state index in [1.54, 1.807) is 29.0 Å². The molecule has 96 valence electrons.